The molecule has 5 N–H and O–H groups in total. The van der Waals surface area contributed by atoms with Crippen LogP contribution < -0.4 is 16.4 Å². The lowest BCUT2D eigenvalue weighted by atomic mass is 10.0. The van der Waals surface area contributed by atoms with Gasteiger partial charge < -0.3 is 30.9 Å². The highest BCUT2D eigenvalue weighted by molar-refractivity contribution is 6.76. The number of nitrogens with one attached hydrogen (secondary N) is 2. The van der Waals surface area contributed by atoms with E-state index in [0.717, 1.165) is 31.6 Å². The van der Waals surface area contributed by atoms with E-state index in [4.69, 9.17) is 15.7 Å². The molecule has 1 aliphatic rings. The summed E-state index contributed by atoms with van der Waals surface area (Å²) < 4.78 is 50.0. The Bertz CT molecular complexity index is 1300. The van der Waals surface area contributed by atoms with E-state index in [2.05, 4.69) is 45.4 Å². The van der Waals surface area contributed by atoms with Crippen LogP contribution >= 0.6 is 0 Å². The molecule has 13 heteroatoms. The lowest BCUT2D eigenvalue weighted by Gasteiger charge is -2.24. The molecule has 206 valence electrons. The molecule has 1 aromatic carbocycles. The number of benzene rings is 1. The lowest BCUT2D eigenvalue weighted by Crippen LogP contribution is -2.38. The molecule has 0 bridgehead atoms. The minimum Gasteiger partial charge on any atom is -0.409 e. The SMILES string of the molecule is C[Si](C)(C)CCOCn1cc(-c2nc(N[C@H]3CCCNC3)ncc2C(F)(F)F)c2ccc(/C(N)=N/O)cc21. The number of oxime groups is 1. The van der Waals surface area contributed by atoms with Crippen LogP contribution in [0.1, 0.15) is 24.0 Å². The van der Waals surface area contributed by atoms with E-state index in [1.165, 1.54) is 0 Å². The number of fused-ring (bicyclic) bond motifs is 1. The molecule has 1 aliphatic heterocycles. The highest BCUT2D eigenvalue weighted by Crippen LogP contribution is 2.39. The average molecular weight is 550 g/mol. The van der Waals surface area contributed by atoms with Crippen LogP contribution in [-0.2, 0) is 17.6 Å². The van der Waals surface area contributed by atoms with Crippen molar-refractivity contribution in [1.29, 1.82) is 0 Å². The molecule has 38 heavy (non-hydrogen) atoms. The first kappa shape index (κ1) is 27.9. The van der Waals surface area contributed by atoms with Gasteiger partial charge in [0.15, 0.2) is 5.84 Å². The molecule has 0 unspecified atom stereocenters. The lowest BCUT2D eigenvalue weighted by molar-refractivity contribution is -0.137. The summed E-state index contributed by atoms with van der Waals surface area (Å²) in [5.41, 5.74) is 5.95. The molecule has 2 aromatic heterocycles. The number of rotatable bonds is 9. The van der Waals surface area contributed by atoms with Crippen LogP contribution in [0.25, 0.3) is 22.2 Å². The normalized spacial score (nSPS) is 17.2. The number of hydrogen-bond acceptors (Lipinski definition) is 7. The first-order chi connectivity index (χ1) is 18.0. The molecule has 4 rings (SSSR count). The number of halogens is 3. The fourth-order valence-electron chi connectivity index (χ4n) is 4.37. The van der Waals surface area contributed by atoms with Crippen LogP contribution in [0.3, 0.4) is 0 Å². The second-order valence-corrected chi connectivity index (χ2v) is 16.3. The van der Waals surface area contributed by atoms with Gasteiger partial charge in [-0.05, 0) is 31.5 Å². The maximum atomic E-state index is 14.1. The highest BCUT2D eigenvalue weighted by atomic mass is 28.3. The van der Waals surface area contributed by atoms with Crippen molar-refractivity contribution < 1.29 is 23.1 Å². The summed E-state index contributed by atoms with van der Waals surface area (Å²) >= 11 is 0. The summed E-state index contributed by atoms with van der Waals surface area (Å²) in [6.07, 6.45) is -0.384. The molecular formula is C25H34F3N7O2Si. The van der Waals surface area contributed by atoms with Crippen LogP contribution in [0.4, 0.5) is 19.1 Å². The predicted octanol–water partition coefficient (Wildman–Crippen LogP) is 4.69. The second kappa shape index (κ2) is 11.3. The first-order valence-corrected chi connectivity index (χ1v) is 16.3. The number of anilines is 1. The molecule has 1 saturated heterocycles. The van der Waals surface area contributed by atoms with Crippen molar-refractivity contribution in [2.75, 3.05) is 25.0 Å². The van der Waals surface area contributed by atoms with Gasteiger partial charge in [0.25, 0.3) is 0 Å². The third kappa shape index (κ3) is 6.63. The summed E-state index contributed by atoms with van der Waals surface area (Å²) in [6, 6.07) is 5.88. The largest absolute Gasteiger partial charge is 0.419 e. The van der Waals surface area contributed by atoms with Crippen molar-refractivity contribution in [1.82, 2.24) is 19.9 Å². The van der Waals surface area contributed by atoms with Crippen molar-refractivity contribution >= 4 is 30.8 Å². The van der Waals surface area contributed by atoms with Gasteiger partial charge in [0, 0.05) is 56.2 Å². The Balaban J connectivity index is 1.78. The van der Waals surface area contributed by atoms with Gasteiger partial charge in [-0.25, -0.2) is 9.97 Å². The zero-order chi connectivity index (χ0) is 27.5. The highest BCUT2D eigenvalue weighted by Gasteiger charge is 2.36. The molecule has 3 aromatic rings. The van der Waals surface area contributed by atoms with Gasteiger partial charge in [-0.2, -0.15) is 13.2 Å². The van der Waals surface area contributed by atoms with E-state index in [0.29, 0.717) is 35.2 Å². The van der Waals surface area contributed by atoms with E-state index in [1.807, 2.05) is 0 Å². The number of hydrogen-bond donors (Lipinski definition) is 4. The minimum absolute atomic E-state index is 0.0257. The molecule has 0 amide bonds. The Morgan fingerprint density at radius 1 is 1.34 bits per heavy atom. The fraction of sp³-hybridized carbons (Fsp3) is 0.480. The quantitative estimate of drug-likeness (QED) is 0.0763. The zero-order valence-electron chi connectivity index (χ0n) is 21.8. The van der Waals surface area contributed by atoms with Crippen molar-refractivity contribution in [3.05, 3.63) is 41.7 Å². The Kier molecular flexibility index (Phi) is 8.28. The molecule has 1 atom stereocenters. The second-order valence-electron chi connectivity index (χ2n) is 10.7. The topological polar surface area (TPSA) is 123 Å². The summed E-state index contributed by atoms with van der Waals surface area (Å²) in [5.74, 6) is 0.0358. The predicted molar refractivity (Wildman–Crippen MR) is 144 cm³/mol. The summed E-state index contributed by atoms with van der Waals surface area (Å²) in [4.78, 5) is 8.35. The molecule has 1 fully saturated rings. The Labute approximate surface area is 220 Å². The number of ether oxygens (including phenoxy) is 1. The molecule has 0 spiro atoms. The molecule has 0 aliphatic carbocycles. The standard InChI is InChI=1S/C25H34F3N7O2Si/c1-38(2,3)10-9-37-15-35-14-19(18-7-6-16(11-21(18)35)23(29)34-36)22-20(25(26,27)28)13-31-24(33-22)32-17-5-4-8-30-12-17/h6-7,11,13-14,17,30,36H,4-5,8-10,12,15H2,1-3H3,(H2,29,34)(H,31,32,33)/t17-/m0/s1. The third-order valence-electron chi connectivity index (χ3n) is 6.49. The van der Waals surface area contributed by atoms with Crippen LogP contribution in [0.5, 0.6) is 0 Å². The summed E-state index contributed by atoms with van der Waals surface area (Å²) in [6.45, 7) is 8.98. The number of nitrogens with two attached hydrogens (primary N) is 1. The molecule has 9 nitrogen and oxygen atoms in total. The van der Waals surface area contributed by atoms with Gasteiger partial charge in [0.05, 0.1) is 11.2 Å². The number of alkyl halides is 3. The van der Waals surface area contributed by atoms with Crippen LogP contribution in [0.15, 0.2) is 35.7 Å². The fourth-order valence-corrected chi connectivity index (χ4v) is 5.12. The van der Waals surface area contributed by atoms with Gasteiger partial charge in [0.2, 0.25) is 5.95 Å². The maximum Gasteiger partial charge on any atom is 0.419 e. The monoisotopic (exact) mass is 549 g/mol. The van der Waals surface area contributed by atoms with E-state index in [-0.39, 0.29) is 30.3 Å². The average Bonchev–Trinajstić information content (AvgIpc) is 3.23. The van der Waals surface area contributed by atoms with Gasteiger partial charge >= 0.3 is 6.18 Å². The zero-order valence-corrected chi connectivity index (χ0v) is 22.8. The third-order valence-corrected chi connectivity index (χ3v) is 8.20. The number of amidine groups is 1. The molecular weight excluding hydrogens is 515 g/mol. The Morgan fingerprint density at radius 2 is 2.13 bits per heavy atom. The maximum absolute atomic E-state index is 14.1. The van der Waals surface area contributed by atoms with Gasteiger partial charge in [-0.1, -0.05) is 36.9 Å². The summed E-state index contributed by atoms with van der Waals surface area (Å²) in [5, 5.41) is 19.2. The van der Waals surface area contributed by atoms with Crippen LogP contribution in [0, 0.1) is 0 Å². The van der Waals surface area contributed by atoms with E-state index < -0.39 is 19.8 Å². The van der Waals surface area contributed by atoms with Gasteiger partial charge in [-0.3, -0.25) is 0 Å². The van der Waals surface area contributed by atoms with Gasteiger partial charge in [0.1, 0.15) is 12.3 Å². The first-order valence-electron chi connectivity index (χ1n) is 12.6. The van der Waals surface area contributed by atoms with E-state index in [9.17, 15) is 13.2 Å². The molecule has 0 radical (unpaired) electrons. The van der Waals surface area contributed by atoms with E-state index in [1.54, 1.807) is 29.0 Å². The van der Waals surface area contributed by atoms with Crippen molar-refractivity contribution in [2.45, 2.75) is 57.5 Å². The number of piperidine rings is 1. The van der Waals surface area contributed by atoms with Crippen molar-refractivity contribution in [3.8, 4) is 11.3 Å². The van der Waals surface area contributed by atoms with Crippen LogP contribution in [-0.4, -0.2) is 59.4 Å². The Hall–Kier alpha value is -3.16. The van der Waals surface area contributed by atoms with Crippen molar-refractivity contribution in [3.63, 3.8) is 0 Å². The molecule has 3 heterocycles. The van der Waals surface area contributed by atoms with Crippen molar-refractivity contribution in [2.24, 2.45) is 10.9 Å². The summed E-state index contributed by atoms with van der Waals surface area (Å²) in [7, 11) is -1.33. The smallest absolute Gasteiger partial charge is 0.409 e. The van der Waals surface area contributed by atoms with Gasteiger partial charge in [-0.15, -0.1) is 0 Å². The van der Waals surface area contributed by atoms with E-state index >= 15 is 0 Å². The number of aromatic nitrogens is 3. The molecule has 0 saturated carbocycles. The number of nitrogens with zero attached hydrogens (tertiary/aromatic N) is 4. The Morgan fingerprint density at radius 3 is 2.79 bits per heavy atom. The minimum atomic E-state index is -4.66. The van der Waals surface area contributed by atoms with Crippen LogP contribution in [0.2, 0.25) is 25.7 Å².